The number of nitrogens with zero attached hydrogens (tertiary/aromatic N) is 2. The van der Waals surface area contributed by atoms with Crippen LogP contribution in [0.4, 0.5) is 4.39 Å². The Labute approximate surface area is 244 Å². The second-order valence-corrected chi connectivity index (χ2v) is 11.3. The lowest BCUT2D eigenvalue weighted by molar-refractivity contribution is 0.0734. The second-order valence-electron chi connectivity index (χ2n) is 11.3. The Morgan fingerprint density at radius 1 is 0.854 bits per heavy atom. The van der Waals surface area contributed by atoms with Gasteiger partial charge in [-0.15, -0.1) is 0 Å². The van der Waals surface area contributed by atoms with Gasteiger partial charge in [-0.1, -0.05) is 77.3 Å². The van der Waals surface area contributed by atoms with Crippen molar-refractivity contribution in [1.29, 1.82) is 0 Å². The van der Waals surface area contributed by atoms with Crippen LogP contribution in [0.25, 0.3) is 11.4 Å². The summed E-state index contributed by atoms with van der Waals surface area (Å²) in [7, 11) is 0. The van der Waals surface area contributed by atoms with Gasteiger partial charge in [0.1, 0.15) is 11.4 Å². The van der Waals surface area contributed by atoms with Crippen LogP contribution >= 0.6 is 0 Å². The topological polar surface area (TPSA) is 61.3 Å². The summed E-state index contributed by atoms with van der Waals surface area (Å²) in [4.78, 5) is 21.8. The number of carbonyl (C=O) groups excluding carboxylic acids is 1. The highest BCUT2D eigenvalue weighted by atomic mass is 19.1. The molecule has 6 heteroatoms. The molecule has 1 aliphatic rings. The van der Waals surface area contributed by atoms with Crippen molar-refractivity contribution in [2.75, 3.05) is 13.2 Å². The number of halogens is 1. The predicted molar refractivity (Wildman–Crippen MR) is 162 cm³/mol. The molecule has 2 atom stereocenters. The van der Waals surface area contributed by atoms with Crippen molar-refractivity contribution in [1.82, 2.24) is 9.97 Å². The largest absolute Gasteiger partial charge is 0.423 e. The molecule has 0 radical (unpaired) electrons. The summed E-state index contributed by atoms with van der Waals surface area (Å²) >= 11 is 0. The lowest BCUT2D eigenvalue weighted by Gasteiger charge is -2.10. The summed E-state index contributed by atoms with van der Waals surface area (Å²) in [5.41, 5.74) is 1.63. The van der Waals surface area contributed by atoms with E-state index in [0.717, 1.165) is 30.4 Å². The monoisotopic (exact) mass is 560 g/mol. The van der Waals surface area contributed by atoms with Crippen LogP contribution in [0.3, 0.4) is 0 Å². The highest BCUT2D eigenvalue weighted by Crippen LogP contribution is 2.55. The molecule has 5 nitrogen and oxygen atoms in total. The predicted octanol–water partition coefficient (Wildman–Crippen LogP) is 9.05. The van der Waals surface area contributed by atoms with Gasteiger partial charge in [-0.3, -0.25) is 0 Å². The van der Waals surface area contributed by atoms with E-state index in [-0.39, 0.29) is 5.92 Å². The molecule has 1 saturated carbocycles. The van der Waals surface area contributed by atoms with Gasteiger partial charge in [0, 0.05) is 30.5 Å². The van der Waals surface area contributed by atoms with Gasteiger partial charge >= 0.3 is 5.97 Å². The average molecular weight is 561 g/mol. The normalized spacial score (nSPS) is 17.9. The minimum absolute atomic E-state index is 0.120. The van der Waals surface area contributed by atoms with Crippen molar-refractivity contribution in [2.45, 2.75) is 96.6 Å². The Kier molecular flexibility index (Phi) is 11.9. The van der Waals surface area contributed by atoms with E-state index in [1.807, 2.05) is 24.5 Å². The van der Waals surface area contributed by atoms with E-state index in [1.54, 1.807) is 36.4 Å². The minimum atomic E-state index is -1.36. The third-order valence-electron chi connectivity index (χ3n) is 7.94. The van der Waals surface area contributed by atoms with Gasteiger partial charge in [0.2, 0.25) is 0 Å². The fourth-order valence-corrected chi connectivity index (χ4v) is 5.16. The van der Waals surface area contributed by atoms with Crippen molar-refractivity contribution in [2.24, 2.45) is 5.92 Å². The molecule has 4 rings (SSSR count). The number of hydrogen-bond acceptors (Lipinski definition) is 5. The molecular formula is C35H45FN2O3. The van der Waals surface area contributed by atoms with E-state index in [1.165, 1.54) is 51.4 Å². The first-order valence-electron chi connectivity index (χ1n) is 15.5. The average Bonchev–Trinajstić information content (AvgIpc) is 3.68. The van der Waals surface area contributed by atoms with Gasteiger partial charge in [-0.25, -0.2) is 19.2 Å². The summed E-state index contributed by atoms with van der Waals surface area (Å²) in [6.45, 7) is 5.55. The summed E-state index contributed by atoms with van der Waals surface area (Å²) in [5.74, 6) is 0.481. The van der Waals surface area contributed by atoms with E-state index < -0.39 is 11.6 Å². The summed E-state index contributed by atoms with van der Waals surface area (Å²) in [6.07, 6.45) is 17.5. The Morgan fingerprint density at radius 3 is 2.17 bits per heavy atom. The molecule has 0 spiro atoms. The molecule has 41 heavy (non-hydrogen) atoms. The van der Waals surface area contributed by atoms with Gasteiger partial charge in [-0.2, -0.15) is 0 Å². The zero-order valence-electron chi connectivity index (χ0n) is 24.7. The first-order valence-corrected chi connectivity index (χ1v) is 15.5. The van der Waals surface area contributed by atoms with E-state index >= 15 is 4.39 Å². The highest BCUT2D eigenvalue weighted by Gasteiger charge is 2.56. The fraction of sp³-hybridized carbons (Fsp3) is 0.514. The first-order chi connectivity index (χ1) is 20.0. The summed E-state index contributed by atoms with van der Waals surface area (Å²) in [5, 5.41) is 0. The van der Waals surface area contributed by atoms with Gasteiger partial charge in [-0.05, 0) is 73.2 Å². The Bertz CT molecular complexity index is 1200. The Morgan fingerprint density at radius 2 is 1.49 bits per heavy atom. The highest BCUT2D eigenvalue weighted by molar-refractivity contribution is 5.91. The van der Waals surface area contributed by atoms with Crippen molar-refractivity contribution in [3.8, 4) is 17.1 Å². The van der Waals surface area contributed by atoms with Crippen LogP contribution in [0, 0.1) is 5.92 Å². The SMILES string of the molecule is CCCCCCCCc1cnc(-c2ccc(OC(=O)c3ccc(C4(F)CC4COCCCCCC)cc3)cc2)nc1. The number of rotatable bonds is 18. The van der Waals surface area contributed by atoms with E-state index in [4.69, 9.17) is 9.47 Å². The summed E-state index contributed by atoms with van der Waals surface area (Å²) in [6, 6.07) is 13.8. The molecule has 1 heterocycles. The quantitative estimate of drug-likeness (QED) is 0.0882. The number of carbonyl (C=O) groups is 1. The molecule has 0 aliphatic heterocycles. The molecule has 220 valence electrons. The van der Waals surface area contributed by atoms with E-state index in [9.17, 15) is 4.79 Å². The van der Waals surface area contributed by atoms with Crippen molar-refractivity contribution in [3.05, 3.63) is 77.6 Å². The van der Waals surface area contributed by atoms with Crippen LogP contribution in [0.15, 0.2) is 60.9 Å². The van der Waals surface area contributed by atoms with Crippen LogP contribution in [-0.2, 0) is 16.8 Å². The molecule has 2 unspecified atom stereocenters. The third-order valence-corrected chi connectivity index (χ3v) is 7.94. The number of benzene rings is 2. The Hall–Kier alpha value is -3.12. The number of esters is 1. The standard InChI is InChI=1S/C35H45FN2O3/c1-3-5-7-9-10-11-13-27-24-37-33(38-25-27)28-16-20-32(21-17-28)41-34(39)29-14-18-30(19-15-29)35(36)23-31(35)26-40-22-12-8-6-4-2/h14-21,24-25,31H,3-13,22-23,26H2,1-2H3. The number of aromatic nitrogens is 2. The fourth-order valence-electron chi connectivity index (χ4n) is 5.16. The van der Waals surface area contributed by atoms with Crippen molar-refractivity contribution < 1.29 is 18.7 Å². The number of hydrogen-bond donors (Lipinski definition) is 0. The molecule has 0 amide bonds. The van der Waals surface area contributed by atoms with Crippen LogP contribution in [-0.4, -0.2) is 29.2 Å². The van der Waals surface area contributed by atoms with Crippen LogP contribution in [0.1, 0.15) is 106 Å². The van der Waals surface area contributed by atoms with Crippen molar-refractivity contribution in [3.63, 3.8) is 0 Å². The lowest BCUT2D eigenvalue weighted by atomic mass is 10.0. The maximum Gasteiger partial charge on any atom is 0.343 e. The Balaban J connectivity index is 1.22. The second kappa shape index (κ2) is 15.8. The van der Waals surface area contributed by atoms with E-state index in [0.29, 0.717) is 42.3 Å². The summed E-state index contributed by atoms with van der Waals surface area (Å²) < 4.78 is 26.6. The first kappa shape index (κ1) is 30.8. The lowest BCUT2D eigenvalue weighted by Crippen LogP contribution is -2.11. The molecule has 0 bridgehead atoms. The number of ether oxygens (including phenoxy) is 2. The molecule has 2 aromatic carbocycles. The zero-order chi connectivity index (χ0) is 28.9. The van der Waals surface area contributed by atoms with Crippen LogP contribution in [0.5, 0.6) is 5.75 Å². The minimum Gasteiger partial charge on any atom is -0.423 e. The van der Waals surface area contributed by atoms with Gasteiger partial charge in [0.15, 0.2) is 5.82 Å². The maximum absolute atomic E-state index is 15.3. The molecule has 0 saturated heterocycles. The zero-order valence-corrected chi connectivity index (χ0v) is 24.7. The molecule has 1 aliphatic carbocycles. The van der Waals surface area contributed by atoms with Crippen molar-refractivity contribution >= 4 is 5.97 Å². The number of alkyl halides is 1. The smallest absolute Gasteiger partial charge is 0.343 e. The van der Waals surface area contributed by atoms with Crippen LogP contribution < -0.4 is 4.74 Å². The molecule has 1 aromatic heterocycles. The third kappa shape index (κ3) is 9.19. The molecule has 0 N–H and O–H groups in total. The van der Waals surface area contributed by atoms with Gasteiger partial charge in [0.25, 0.3) is 0 Å². The van der Waals surface area contributed by atoms with Gasteiger partial charge in [0.05, 0.1) is 12.2 Å². The van der Waals surface area contributed by atoms with E-state index in [2.05, 4.69) is 23.8 Å². The van der Waals surface area contributed by atoms with Crippen LogP contribution in [0.2, 0.25) is 0 Å². The molecule has 3 aromatic rings. The maximum atomic E-state index is 15.3. The molecular weight excluding hydrogens is 515 g/mol. The number of unbranched alkanes of at least 4 members (excludes halogenated alkanes) is 8. The number of aryl methyl sites for hydroxylation is 1. The van der Waals surface area contributed by atoms with Gasteiger partial charge < -0.3 is 9.47 Å². The molecule has 1 fully saturated rings.